The first-order chi connectivity index (χ1) is 9.71. The summed E-state index contributed by atoms with van der Waals surface area (Å²) in [7, 11) is 0. The van der Waals surface area contributed by atoms with Crippen LogP contribution in [0, 0.1) is 5.92 Å². The Balaban J connectivity index is 2.48. The van der Waals surface area contributed by atoms with Crippen LogP contribution in [0.15, 0.2) is 24.3 Å². The third-order valence-corrected chi connectivity index (χ3v) is 3.25. The molecule has 20 heavy (non-hydrogen) atoms. The Morgan fingerprint density at radius 1 is 1.25 bits per heavy atom. The molecule has 0 aliphatic carbocycles. The van der Waals surface area contributed by atoms with Crippen LogP contribution >= 0.6 is 0 Å². The van der Waals surface area contributed by atoms with Crippen molar-refractivity contribution >= 4 is 5.91 Å². The lowest BCUT2D eigenvalue weighted by Gasteiger charge is -2.16. The second kappa shape index (κ2) is 9.37. The van der Waals surface area contributed by atoms with Gasteiger partial charge in [0.2, 0.25) is 0 Å². The van der Waals surface area contributed by atoms with Gasteiger partial charge in [-0.15, -0.1) is 0 Å². The van der Waals surface area contributed by atoms with E-state index in [9.17, 15) is 4.79 Å². The van der Waals surface area contributed by atoms with Crippen molar-refractivity contribution in [3.63, 3.8) is 0 Å². The van der Waals surface area contributed by atoms with Gasteiger partial charge in [0.1, 0.15) is 5.75 Å². The van der Waals surface area contributed by atoms with Gasteiger partial charge >= 0.3 is 0 Å². The molecule has 0 saturated carbocycles. The molecule has 4 nitrogen and oxygen atoms in total. The van der Waals surface area contributed by atoms with Crippen molar-refractivity contribution in [2.24, 2.45) is 11.7 Å². The van der Waals surface area contributed by atoms with E-state index in [0.29, 0.717) is 31.2 Å². The molecule has 0 saturated heterocycles. The van der Waals surface area contributed by atoms with Crippen LogP contribution in [0.1, 0.15) is 43.5 Å². The SMILES string of the molecule is CCCC(CCN)CNC(=O)c1ccc(OCC)cc1. The van der Waals surface area contributed by atoms with Crippen molar-refractivity contribution in [2.45, 2.75) is 33.1 Å². The number of benzene rings is 1. The van der Waals surface area contributed by atoms with E-state index in [0.717, 1.165) is 25.0 Å². The molecule has 3 N–H and O–H groups in total. The number of hydrogen-bond donors (Lipinski definition) is 2. The Hall–Kier alpha value is -1.55. The molecule has 112 valence electrons. The van der Waals surface area contributed by atoms with Crippen molar-refractivity contribution < 1.29 is 9.53 Å². The quantitative estimate of drug-likeness (QED) is 0.729. The molecule has 0 aliphatic rings. The molecule has 0 aliphatic heterocycles. The fourth-order valence-corrected chi connectivity index (χ4v) is 2.20. The summed E-state index contributed by atoms with van der Waals surface area (Å²) in [5.41, 5.74) is 6.26. The highest BCUT2D eigenvalue weighted by Crippen LogP contribution is 2.13. The highest BCUT2D eigenvalue weighted by molar-refractivity contribution is 5.94. The number of amides is 1. The van der Waals surface area contributed by atoms with E-state index in [2.05, 4.69) is 12.2 Å². The van der Waals surface area contributed by atoms with Crippen LogP contribution in [0.4, 0.5) is 0 Å². The molecule has 0 heterocycles. The van der Waals surface area contributed by atoms with Gasteiger partial charge in [0, 0.05) is 12.1 Å². The Kier molecular flexibility index (Phi) is 7.73. The summed E-state index contributed by atoms with van der Waals surface area (Å²) in [6.07, 6.45) is 3.17. The van der Waals surface area contributed by atoms with Crippen molar-refractivity contribution in [2.75, 3.05) is 19.7 Å². The van der Waals surface area contributed by atoms with Crippen LogP contribution in [0.5, 0.6) is 5.75 Å². The largest absolute Gasteiger partial charge is 0.494 e. The van der Waals surface area contributed by atoms with Gasteiger partial charge in [-0.1, -0.05) is 13.3 Å². The molecule has 1 aromatic carbocycles. The highest BCUT2D eigenvalue weighted by Gasteiger charge is 2.10. The van der Waals surface area contributed by atoms with Crippen LogP contribution in [0.25, 0.3) is 0 Å². The van der Waals surface area contributed by atoms with Gasteiger partial charge in [0.25, 0.3) is 5.91 Å². The molecule has 1 unspecified atom stereocenters. The maximum Gasteiger partial charge on any atom is 0.251 e. The van der Waals surface area contributed by atoms with Gasteiger partial charge in [0.15, 0.2) is 0 Å². The Labute approximate surface area is 121 Å². The van der Waals surface area contributed by atoms with Crippen molar-refractivity contribution in [3.05, 3.63) is 29.8 Å². The summed E-state index contributed by atoms with van der Waals surface area (Å²) in [6.45, 7) is 6.08. The Morgan fingerprint density at radius 3 is 2.50 bits per heavy atom. The zero-order valence-corrected chi connectivity index (χ0v) is 12.5. The standard InChI is InChI=1S/C16H26N2O2/c1-3-5-13(10-11-17)12-18-16(19)14-6-8-15(9-7-14)20-4-2/h6-9,13H,3-5,10-12,17H2,1-2H3,(H,18,19). The maximum atomic E-state index is 12.0. The second-order valence-electron chi connectivity index (χ2n) is 4.90. The van der Waals surface area contributed by atoms with Gasteiger partial charge in [-0.2, -0.15) is 0 Å². The van der Waals surface area contributed by atoms with E-state index in [-0.39, 0.29) is 5.91 Å². The fraction of sp³-hybridized carbons (Fsp3) is 0.562. The van der Waals surface area contributed by atoms with E-state index in [4.69, 9.17) is 10.5 Å². The number of nitrogens with one attached hydrogen (secondary N) is 1. The van der Waals surface area contributed by atoms with E-state index in [1.807, 2.05) is 19.1 Å². The number of ether oxygens (including phenoxy) is 1. The third-order valence-electron chi connectivity index (χ3n) is 3.25. The molecular weight excluding hydrogens is 252 g/mol. The van der Waals surface area contributed by atoms with Gasteiger partial charge in [0.05, 0.1) is 6.61 Å². The van der Waals surface area contributed by atoms with Gasteiger partial charge in [-0.25, -0.2) is 0 Å². The zero-order chi connectivity index (χ0) is 14.8. The number of carbonyl (C=O) groups excluding carboxylic acids is 1. The molecule has 0 spiro atoms. The van der Waals surface area contributed by atoms with Crippen molar-refractivity contribution in [1.29, 1.82) is 0 Å². The lowest BCUT2D eigenvalue weighted by Crippen LogP contribution is -2.30. The first kappa shape index (κ1) is 16.5. The van der Waals surface area contributed by atoms with E-state index >= 15 is 0 Å². The minimum atomic E-state index is -0.0360. The minimum Gasteiger partial charge on any atom is -0.494 e. The summed E-state index contributed by atoms with van der Waals surface area (Å²) in [4.78, 5) is 12.0. The topological polar surface area (TPSA) is 64.3 Å². The van der Waals surface area contributed by atoms with E-state index < -0.39 is 0 Å². The predicted octanol–water partition coefficient (Wildman–Crippen LogP) is 2.58. The van der Waals surface area contributed by atoms with E-state index in [1.54, 1.807) is 12.1 Å². The first-order valence-electron chi connectivity index (χ1n) is 7.42. The molecule has 1 rings (SSSR count). The van der Waals surface area contributed by atoms with Gasteiger partial charge in [-0.05, 0) is 56.5 Å². The zero-order valence-electron chi connectivity index (χ0n) is 12.5. The number of hydrogen-bond acceptors (Lipinski definition) is 3. The fourth-order valence-electron chi connectivity index (χ4n) is 2.20. The van der Waals surface area contributed by atoms with Crippen LogP contribution < -0.4 is 15.8 Å². The smallest absolute Gasteiger partial charge is 0.251 e. The average molecular weight is 278 g/mol. The summed E-state index contributed by atoms with van der Waals surface area (Å²) in [5.74, 6) is 1.22. The molecule has 1 aromatic rings. The average Bonchev–Trinajstić information content (AvgIpc) is 2.46. The minimum absolute atomic E-state index is 0.0360. The molecule has 1 amide bonds. The summed E-state index contributed by atoms with van der Waals surface area (Å²) in [5, 5.41) is 2.98. The molecule has 0 fully saturated rings. The van der Waals surface area contributed by atoms with Crippen LogP contribution in [-0.4, -0.2) is 25.6 Å². The molecule has 0 bridgehead atoms. The first-order valence-corrected chi connectivity index (χ1v) is 7.42. The Morgan fingerprint density at radius 2 is 1.95 bits per heavy atom. The maximum absolute atomic E-state index is 12.0. The molecule has 1 atom stereocenters. The predicted molar refractivity (Wildman–Crippen MR) is 82.0 cm³/mol. The summed E-state index contributed by atoms with van der Waals surface area (Å²) >= 11 is 0. The van der Waals surface area contributed by atoms with Crippen LogP contribution in [0.2, 0.25) is 0 Å². The van der Waals surface area contributed by atoms with Crippen LogP contribution in [-0.2, 0) is 0 Å². The highest BCUT2D eigenvalue weighted by atomic mass is 16.5. The van der Waals surface area contributed by atoms with Crippen molar-refractivity contribution in [1.82, 2.24) is 5.32 Å². The molecule has 0 aromatic heterocycles. The number of rotatable bonds is 9. The molecule has 4 heteroatoms. The van der Waals surface area contributed by atoms with Crippen LogP contribution in [0.3, 0.4) is 0 Å². The second-order valence-corrected chi connectivity index (χ2v) is 4.90. The molecule has 0 radical (unpaired) electrons. The van der Waals surface area contributed by atoms with E-state index in [1.165, 1.54) is 0 Å². The van der Waals surface area contributed by atoms with Gasteiger partial charge in [-0.3, -0.25) is 4.79 Å². The lowest BCUT2D eigenvalue weighted by atomic mass is 10.00. The summed E-state index contributed by atoms with van der Waals surface area (Å²) < 4.78 is 5.36. The normalized spacial score (nSPS) is 11.9. The third kappa shape index (κ3) is 5.61. The Bertz CT molecular complexity index is 384. The van der Waals surface area contributed by atoms with Crippen molar-refractivity contribution in [3.8, 4) is 5.75 Å². The number of carbonyl (C=O) groups is 1. The monoisotopic (exact) mass is 278 g/mol. The molecular formula is C16H26N2O2. The number of nitrogens with two attached hydrogens (primary N) is 1. The summed E-state index contributed by atoms with van der Waals surface area (Å²) in [6, 6.07) is 7.22. The lowest BCUT2D eigenvalue weighted by molar-refractivity contribution is 0.0945. The van der Waals surface area contributed by atoms with Gasteiger partial charge < -0.3 is 15.8 Å².